The third kappa shape index (κ3) is 3.82. The Morgan fingerprint density at radius 2 is 1.90 bits per heavy atom. The van der Waals surface area contributed by atoms with Crippen molar-refractivity contribution < 1.29 is 13.9 Å². The third-order valence-corrected chi connectivity index (χ3v) is 5.56. The summed E-state index contributed by atoms with van der Waals surface area (Å²) in [7, 11) is 1.56. The molecule has 1 aliphatic carbocycles. The number of allylic oxidation sites excluding steroid dienone is 1. The van der Waals surface area contributed by atoms with E-state index in [1.807, 2.05) is 24.0 Å². The lowest BCUT2D eigenvalue weighted by Gasteiger charge is -2.38. The van der Waals surface area contributed by atoms with Gasteiger partial charge in [-0.2, -0.15) is 0 Å². The van der Waals surface area contributed by atoms with Gasteiger partial charge >= 0.3 is 0 Å². The average molecular weight is 412 g/mol. The van der Waals surface area contributed by atoms with E-state index in [0.29, 0.717) is 28.2 Å². The second-order valence-corrected chi connectivity index (χ2v) is 7.58. The van der Waals surface area contributed by atoms with Crippen molar-refractivity contribution in [1.29, 1.82) is 0 Å². The van der Waals surface area contributed by atoms with Gasteiger partial charge in [-0.1, -0.05) is 24.3 Å². The van der Waals surface area contributed by atoms with E-state index in [1.54, 1.807) is 31.4 Å². The van der Waals surface area contributed by atoms with Gasteiger partial charge in [-0.15, -0.1) is 0 Å². The molecular weight excluding hydrogens is 389 g/mol. The first-order valence-electron chi connectivity index (χ1n) is 9.50. The highest BCUT2D eigenvalue weighted by Gasteiger charge is 2.40. The highest BCUT2D eigenvalue weighted by Crippen LogP contribution is 2.38. The molecule has 2 aliphatic rings. The number of thiocarbonyl (C=S) groups is 1. The van der Waals surface area contributed by atoms with Gasteiger partial charge in [0.1, 0.15) is 11.6 Å². The van der Waals surface area contributed by atoms with Crippen LogP contribution in [0.15, 0.2) is 59.8 Å². The maximum absolute atomic E-state index is 13.5. The van der Waals surface area contributed by atoms with Crippen LogP contribution in [0.4, 0.5) is 10.1 Å². The van der Waals surface area contributed by atoms with Gasteiger partial charge in [0.05, 0.1) is 24.4 Å². The van der Waals surface area contributed by atoms with Crippen molar-refractivity contribution in [2.75, 3.05) is 12.4 Å². The minimum atomic E-state index is -0.465. The van der Waals surface area contributed by atoms with E-state index in [-0.39, 0.29) is 11.7 Å². The van der Waals surface area contributed by atoms with Crippen LogP contribution in [0, 0.1) is 5.82 Å². The molecule has 7 heteroatoms. The van der Waals surface area contributed by atoms with Gasteiger partial charge in [0.2, 0.25) is 0 Å². The number of hydrogen-bond donors (Lipinski definition) is 2. The molecule has 2 N–H and O–H groups in total. The summed E-state index contributed by atoms with van der Waals surface area (Å²) in [4.78, 5) is 15.4. The number of amides is 1. The molecule has 5 nitrogen and oxygen atoms in total. The lowest BCUT2D eigenvalue weighted by atomic mass is 9.94. The highest BCUT2D eigenvalue weighted by molar-refractivity contribution is 7.80. The molecule has 150 valence electrons. The number of para-hydroxylation sites is 2. The van der Waals surface area contributed by atoms with Crippen LogP contribution in [0.25, 0.3) is 0 Å². The fourth-order valence-corrected chi connectivity index (χ4v) is 4.07. The maximum Gasteiger partial charge on any atom is 0.255 e. The molecular formula is C22H22FN3O2S. The number of benzene rings is 2. The number of carbonyl (C=O) groups excluding carboxylic acids is 1. The predicted octanol–water partition coefficient (Wildman–Crippen LogP) is 4.14. The largest absolute Gasteiger partial charge is 0.495 e. The zero-order chi connectivity index (χ0) is 20.5. The summed E-state index contributed by atoms with van der Waals surface area (Å²) in [5.74, 6) is 0.00483. The van der Waals surface area contributed by atoms with Crippen molar-refractivity contribution >= 4 is 28.9 Å². The van der Waals surface area contributed by atoms with Gasteiger partial charge in [0, 0.05) is 11.7 Å². The average Bonchev–Trinajstić information content (AvgIpc) is 3.53. The first-order valence-corrected chi connectivity index (χ1v) is 9.90. The van der Waals surface area contributed by atoms with Gasteiger partial charge < -0.3 is 20.3 Å². The number of carbonyl (C=O) groups is 1. The molecule has 0 radical (unpaired) electrons. The van der Waals surface area contributed by atoms with Crippen LogP contribution in [0.2, 0.25) is 0 Å². The van der Waals surface area contributed by atoms with Crippen LogP contribution in [-0.2, 0) is 4.79 Å². The van der Waals surface area contributed by atoms with Crippen molar-refractivity contribution in [3.05, 3.63) is 71.2 Å². The Morgan fingerprint density at radius 3 is 2.55 bits per heavy atom. The van der Waals surface area contributed by atoms with Crippen molar-refractivity contribution in [3.8, 4) is 5.75 Å². The van der Waals surface area contributed by atoms with E-state index in [4.69, 9.17) is 17.0 Å². The van der Waals surface area contributed by atoms with Crippen molar-refractivity contribution in [1.82, 2.24) is 10.2 Å². The van der Waals surface area contributed by atoms with Crippen molar-refractivity contribution in [2.24, 2.45) is 0 Å². The Kier molecular flexibility index (Phi) is 5.24. The minimum Gasteiger partial charge on any atom is -0.495 e. The molecule has 1 unspecified atom stereocenters. The smallest absolute Gasteiger partial charge is 0.255 e. The lowest BCUT2D eigenvalue weighted by Crippen LogP contribution is -2.49. The van der Waals surface area contributed by atoms with Crippen LogP contribution in [0.1, 0.15) is 31.4 Å². The van der Waals surface area contributed by atoms with Gasteiger partial charge in [-0.25, -0.2) is 4.39 Å². The van der Waals surface area contributed by atoms with Gasteiger partial charge in [0.25, 0.3) is 5.91 Å². The molecule has 1 heterocycles. The van der Waals surface area contributed by atoms with Crippen LogP contribution < -0.4 is 15.4 Å². The molecule has 1 atom stereocenters. The molecule has 2 aromatic rings. The molecule has 0 bridgehead atoms. The molecule has 0 spiro atoms. The maximum atomic E-state index is 13.5. The van der Waals surface area contributed by atoms with Gasteiger partial charge in [-0.05, 0) is 61.8 Å². The molecule has 1 aliphatic heterocycles. The number of halogens is 1. The number of nitrogens with zero attached hydrogens (tertiary/aromatic N) is 1. The Labute approximate surface area is 174 Å². The molecule has 1 saturated carbocycles. The normalized spacial score (nSPS) is 19.1. The fraction of sp³-hybridized carbons (Fsp3) is 0.273. The predicted molar refractivity (Wildman–Crippen MR) is 114 cm³/mol. The van der Waals surface area contributed by atoms with Gasteiger partial charge in [-0.3, -0.25) is 4.79 Å². The molecule has 0 saturated heterocycles. The zero-order valence-electron chi connectivity index (χ0n) is 16.2. The summed E-state index contributed by atoms with van der Waals surface area (Å²) < 4.78 is 18.8. The monoisotopic (exact) mass is 411 g/mol. The van der Waals surface area contributed by atoms with E-state index in [2.05, 4.69) is 10.6 Å². The Balaban J connectivity index is 1.74. The van der Waals surface area contributed by atoms with E-state index in [9.17, 15) is 9.18 Å². The first kappa shape index (κ1) is 19.4. The van der Waals surface area contributed by atoms with E-state index in [1.165, 1.54) is 12.1 Å². The molecule has 0 aromatic heterocycles. The number of hydrogen-bond acceptors (Lipinski definition) is 3. The Hall–Kier alpha value is -2.93. The van der Waals surface area contributed by atoms with E-state index < -0.39 is 6.04 Å². The number of methoxy groups -OCH3 is 1. The summed E-state index contributed by atoms with van der Waals surface area (Å²) in [6.45, 7) is 1.92. The third-order valence-electron chi connectivity index (χ3n) is 5.24. The zero-order valence-corrected chi connectivity index (χ0v) is 17.1. The quantitative estimate of drug-likeness (QED) is 0.725. The summed E-state index contributed by atoms with van der Waals surface area (Å²) in [6, 6.07) is 13.2. The highest BCUT2D eigenvalue weighted by atomic mass is 32.1. The summed E-state index contributed by atoms with van der Waals surface area (Å²) in [6.07, 6.45) is 2.09. The second kappa shape index (κ2) is 7.83. The SMILES string of the molecule is COc1ccccc1NC(=O)C1=C(C)N(C2CC2)C(=S)NC1c1ccc(F)cc1. The Morgan fingerprint density at radius 1 is 1.21 bits per heavy atom. The number of anilines is 1. The second-order valence-electron chi connectivity index (χ2n) is 7.19. The first-order chi connectivity index (χ1) is 14.0. The minimum absolute atomic E-state index is 0.248. The Bertz CT molecular complexity index is 986. The summed E-state index contributed by atoms with van der Waals surface area (Å²) in [5, 5.41) is 6.84. The van der Waals surface area contributed by atoms with Crippen LogP contribution >= 0.6 is 12.2 Å². The molecule has 1 amide bonds. The van der Waals surface area contributed by atoms with E-state index in [0.717, 1.165) is 24.1 Å². The number of nitrogens with one attached hydrogen (secondary N) is 2. The topological polar surface area (TPSA) is 53.6 Å². The van der Waals surface area contributed by atoms with E-state index >= 15 is 0 Å². The van der Waals surface area contributed by atoms with Crippen molar-refractivity contribution in [3.63, 3.8) is 0 Å². The molecule has 1 fully saturated rings. The standard InChI is InChI=1S/C22H22FN3O2S/c1-13-19(21(27)24-17-5-3-4-6-18(17)28-2)20(14-7-9-15(23)10-8-14)25-22(29)26(13)16-11-12-16/h3-10,16,20H,11-12H2,1-2H3,(H,24,27)(H,25,29). The molecule has 2 aromatic carbocycles. The summed E-state index contributed by atoms with van der Waals surface area (Å²) >= 11 is 5.59. The fourth-order valence-electron chi connectivity index (χ4n) is 3.67. The molecule has 4 rings (SSSR count). The molecule has 29 heavy (non-hydrogen) atoms. The lowest BCUT2D eigenvalue weighted by molar-refractivity contribution is -0.113. The summed E-state index contributed by atoms with van der Waals surface area (Å²) in [5.41, 5.74) is 2.74. The van der Waals surface area contributed by atoms with Crippen LogP contribution in [-0.4, -0.2) is 29.1 Å². The van der Waals surface area contributed by atoms with Crippen LogP contribution in [0.3, 0.4) is 0 Å². The van der Waals surface area contributed by atoms with Crippen molar-refractivity contribution in [2.45, 2.75) is 31.8 Å². The van der Waals surface area contributed by atoms with Crippen LogP contribution in [0.5, 0.6) is 5.75 Å². The number of ether oxygens (including phenoxy) is 1. The van der Waals surface area contributed by atoms with Gasteiger partial charge in [0.15, 0.2) is 5.11 Å². The number of rotatable bonds is 5.